The molecular weight excluding hydrogens is 414 g/mol. The predicted octanol–water partition coefficient (Wildman–Crippen LogP) is 3.32. The fourth-order valence-corrected chi connectivity index (χ4v) is 4.50. The zero-order valence-electron chi connectivity index (χ0n) is 19.3. The van der Waals surface area contributed by atoms with E-state index < -0.39 is 0 Å². The van der Waals surface area contributed by atoms with E-state index in [9.17, 15) is 9.59 Å². The van der Waals surface area contributed by atoms with Crippen LogP contribution in [0.2, 0.25) is 0 Å². The molecule has 2 N–H and O–H groups in total. The Hall–Kier alpha value is -3.84. The summed E-state index contributed by atoms with van der Waals surface area (Å²) in [5.41, 5.74) is 5.35. The van der Waals surface area contributed by atoms with Gasteiger partial charge in [0, 0.05) is 78.2 Å². The number of nitrogens with one attached hydrogen (secondary N) is 2. The van der Waals surface area contributed by atoms with Gasteiger partial charge in [-0.25, -0.2) is 0 Å². The smallest absolute Gasteiger partial charge is 0.259 e. The number of likely N-dealkylation sites (N-methyl/N-ethyl adjacent to an activating group) is 1. The van der Waals surface area contributed by atoms with Gasteiger partial charge >= 0.3 is 0 Å². The number of nitrogens with zero attached hydrogens (tertiary/aromatic N) is 3. The summed E-state index contributed by atoms with van der Waals surface area (Å²) < 4.78 is 2.17. The molecule has 1 aliphatic rings. The van der Waals surface area contributed by atoms with Crippen LogP contribution in [0.25, 0.3) is 33.0 Å². The second kappa shape index (κ2) is 7.94. The number of amides is 2. The maximum absolute atomic E-state index is 13.1. The topological polar surface area (TPSA) is 73.4 Å². The summed E-state index contributed by atoms with van der Waals surface area (Å²) in [5.74, 6) is -0.722. The highest BCUT2D eigenvalue weighted by Gasteiger charge is 2.35. The first kappa shape index (κ1) is 21.0. The first-order valence-electron chi connectivity index (χ1n) is 11.0. The second-order valence-electron chi connectivity index (χ2n) is 8.92. The fraction of sp³-hybridized carbons (Fsp3) is 0.231. The standard InChI is InChI=1S/C26H27N5O2/c1-29(2)11-12-31-15-20(18-13-16(30(3)4)9-10-22(18)31)24-23(25(32)28-26(24)33)19-14-27-21-8-6-5-7-17(19)21/h5-10,13-15,27H,11-12H2,1-4H3,(H,28,32,33). The normalized spacial score (nSPS) is 14.2. The van der Waals surface area contributed by atoms with E-state index in [0.29, 0.717) is 11.1 Å². The van der Waals surface area contributed by atoms with Crippen molar-refractivity contribution in [2.45, 2.75) is 6.54 Å². The number of imide groups is 1. The molecule has 2 aromatic heterocycles. The highest BCUT2D eigenvalue weighted by atomic mass is 16.2. The van der Waals surface area contributed by atoms with Crippen molar-refractivity contribution in [3.8, 4) is 0 Å². The number of fused-ring (bicyclic) bond motifs is 2. The number of benzene rings is 2. The van der Waals surface area contributed by atoms with E-state index in [2.05, 4.69) is 38.0 Å². The van der Waals surface area contributed by atoms with Gasteiger partial charge in [-0.1, -0.05) is 18.2 Å². The molecule has 0 unspecified atom stereocenters. The van der Waals surface area contributed by atoms with Crippen LogP contribution in [0.4, 0.5) is 5.69 Å². The Kier molecular flexibility index (Phi) is 5.06. The maximum atomic E-state index is 13.1. The number of hydrogen-bond donors (Lipinski definition) is 2. The maximum Gasteiger partial charge on any atom is 0.259 e. The molecule has 4 aromatic rings. The van der Waals surface area contributed by atoms with Gasteiger partial charge in [0.1, 0.15) is 0 Å². The number of aromatic amines is 1. The zero-order valence-corrected chi connectivity index (χ0v) is 19.3. The Labute approximate surface area is 192 Å². The van der Waals surface area contributed by atoms with Crippen molar-refractivity contribution >= 4 is 50.5 Å². The van der Waals surface area contributed by atoms with Gasteiger partial charge in [0.2, 0.25) is 0 Å². The lowest BCUT2D eigenvalue weighted by atomic mass is 9.95. The Bertz CT molecular complexity index is 1440. The van der Waals surface area contributed by atoms with Gasteiger partial charge in [-0.05, 0) is 38.4 Å². The van der Waals surface area contributed by atoms with Crippen molar-refractivity contribution in [2.75, 3.05) is 39.6 Å². The van der Waals surface area contributed by atoms with E-state index in [1.807, 2.05) is 69.7 Å². The molecule has 0 fully saturated rings. The highest BCUT2D eigenvalue weighted by Crippen LogP contribution is 2.39. The summed E-state index contributed by atoms with van der Waals surface area (Å²) in [7, 11) is 8.06. The monoisotopic (exact) mass is 441 g/mol. The molecule has 0 aliphatic carbocycles. The van der Waals surface area contributed by atoms with Crippen LogP contribution < -0.4 is 10.2 Å². The van der Waals surface area contributed by atoms with E-state index in [0.717, 1.165) is 51.7 Å². The SMILES string of the molecule is CN(C)CCn1cc(C2=C(c3c[nH]c4ccccc34)C(=O)NC2=O)c2cc(N(C)C)ccc21. The van der Waals surface area contributed by atoms with Gasteiger partial charge < -0.3 is 19.4 Å². The molecule has 0 bridgehead atoms. The highest BCUT2D eigenvalue weighted by molar-refractivity contribution is 6.50. The first-order valence-corrected chi connectivity index (χ1v) is 11.0. The Morgan fingerprint density at radius 1 is 0.879 bits per heavy atom. The van der Waals surface area contributed by atoms with Crippen LogP contribution in [0.15, 0.2) is 54.9 Å². The number of aromatic nitrogens is 2. The van der Waals surface area contributed by atoms with Gasteiger partial charge in [0.05, 0.1) is 11.1 Å². The minimum absolute atomic E-state index is 0.359. The van der Waals surface area contributed by atoms with Crippen molar-refractivity contribution in [2.24, 2.45) is 0 Å². The summed E-state index contributed by atoms with van der Waals surface area (Å²) in [6.07, 6.45) is 3.82. The molecule has 168 valence electrons. The average molecular weight is 442 g/mol. The van der Waals surface area contributed by atoms with Gasteiger partial charge in [-0.2, -0.15) is 0 Å². The number of hydrogen-bond acceptors (Lipinski definition) is 4. The minimum Gasteiger partial charge on any atom is -0.378 e. The molecule has 7 nitrogen and oxygen atoms in total. The molecule has 33 heavy (non-hydrogen) atoms. The lowest BCUT2D eigenvalue weighted by molar-refractivity contribution is -0.122. The van der Waals surface area contributed by atoms with Crippen LogP contribution in [0.5, 0.6) is 0 Å². The third-order valence-corrected chi connectivity index (χ3v) is 6.23. The summed E-state index contributed by atoms with van der Waals surface area (Å²) in [6, 6.07) is 14.1. The fourth-order valence-electron chi connectivity index (χ4n) is 4.50. The lowest BCUT2D eigenvalue weighted by Crippen LogP contribution is -2.22. The van der Waals surface area contributed by atoms with Crippen molar-refractivity contribution in [1.29, 1.82) is 0 Å². The average Bonchev–Trinajstić information content (AvgIpc) is 3.44. The molecule has 2 amide bonds. The van der Waals surface area contributed by atoms with Gasteiger partial charge in [-0.15, -0.1) is 0 Å². The number of carbonyl (C=O) groups excluding carboxylic acids is 2. The van der Waals surface area contributed by atoms with Crippen molar-refractivity contribution in [1.82, 2.24) is 19.8 Å². The molecule has 7 heteroatoms. The number of H-pyrrole nitrogens is 1. The molecule has 0 saturated carbocycles. The molecular formula is C26H27N5O2. The quantitative estimate of drug-likeness (QED) is 0.450. The molecule has 0 radical (unpaired) electrons. The third-order valence-electron chi connectivity index (χ3n) is 6.23. The van der Waals surface area contributed by atoms with Crippen LogP contribution in [0.1, 0.15) is 11.1 Å². The second-order valence-corrected chi connectivity index (χ2v) is 8.92. The summed E-state index contributed by atoms with van der Waals surface area (Å²) in [6.45, 7) is 1.63. The zero-order chi connectivity index (χ0) is 23.3. The largest absolute Gasteiger partial charge is 0.378 e. The van der Waals surface area contributed by atoms with E-state index in [-0.39, 0.29) is 11.8 Å². The van der Waals surface area contributed by atoms with Crippen LogP contribution in [-0.2, 0) is 16.1 Å². The molecule has 0 atom stereocenters. The number of rotatable bonds is 6. The van der Waals surface area contributed by atoms with Gasteiger partial charge in [-0.3, -0.25) is 14.9 Å². The van der Waals surface area contributed by atoms with E-state index in [1.54, 1.807) is 0 Å². The summed E-state index contributed by atoms with van der Waals surface area (Å²) in [4.78, 5) is 33.5. The van der Waals surface area contributed by atoms with Crippen LogP contribution in [0.3, 0.4) is 0 Å². The predicted molar refractivity (Wildman–Crippen MR) is 133 cm³/mol. The van der Waals surface area contributed by atoms with Gasteiger partial charge in [0.15, 0.2) is 0 Å². The molecule has 5 rings (SSSR count). The molecule has 2 aromatic carbocycles. The Morgan fingerprint density at radius 2 is 1.61 bits per heavy atom. The number of para-hydroxylation sites is 1. The van der Waals surface area contributed by atoms with Gasteiger partial charge in [0.25, 0.3) is 11.8 Å². The molecule has 0 spiro atoms. The van der Waals surface area contributed by atoms with E-state index in [4.69, 9.17) is 0 Å². The minimum atomic E-state index is -0.363. The molecule has 3 heterocycles. The van der Waals surface area contributed by atoms with Crippen molar-refractivity contribution in [3.63, 3.8) is 0 Å². The van der Waals surface area contributed by atoms with Crippen molar-refractivity contribution in [3.05, 3.63) is 66.0 Å². The van der Waals surface area contributed by atoms with E-state index >= 15 is 0 Å². The number of anilines is 1. The first-order chi connectivity index (χ1) is 15.8. The molecule has 0 saturated heterocycles. The van der Waals surface area contributed by atoms with Crippen LogP contribution >= 0.6 is 0 Å². The van der Waals surface area contributed by atoms with Crippen LogP contribution in [-0.4, -0.2) is 61.0 Å². The van der Waals surface area contributed by atoms with Crippen molar-refractivity contribution < 1.29 is 9.59 Å². The number of carbonyl (C=O) groups is 2. The van der Waals surface area contributed by atoms with E-state index in [1.165, 1.54) is 0 Å². The summed E-state index contributed by atoms with van der Waals surface area (Å²) in [5, 5.41) is 4.41. The third kappa shape index (κ3) is 3.50. The lowest BCUT2D eigenvalue weighted by Gasteiger charge is -2.14. The Morgan fingerprint density at radius 3 is 2.33 bits per heavy atom. The summed E-state index contributed by atoms with van der Waals surface area (Å²) >= 11 is 0. The van der Waals surface area contributed by atoms with Crippen LogP contribution in [0, 0.1) is 0 Å². The molecule has 1 aliphatic heterocycles. The Balaban J connectivity index is 1.79.